The molecule has 5 nitrogen and oxygen atoms in total. The third-order valence-corrected chi connectivity index (χ3v) is 3.52. The van der Waals surface area contributed by atoms with Gasteiger partial charge in [-0.25, -0.2) is 0 Å². The summed E-state index contributed by atoms with van der Waals surface area (Å²) in [6.07, 6.45) is 3.39. The van der Waals surface area contributed by atoms with Crippen LogP contribution in [0.4, 0.5) is 0 Å². The first-order valence-electron chi connectivity index (χ1n) is 7.85. The molecule has 5 heteroatoms. The van der Waals surface area contributed by atoms with Crippen LogP contribution < -0.4 is 0 Å². The van der Waals surface area contributed by atoms with Crippen molar-refractivity contribution >= 4 is 0 Å². The predicted molar refractivity (Wildman–Crippen MR) is 93.0 cm³/mol. The van der Waals surface area contributed by atoms with E-state index in [0.29, 0.717) is 5.82 Å². The standard InChI is InChI=1S/C10H10N4.C9H9N/c1-2-8-3-5-9(6-4-8)10-13-11-7-12-14-10;1-2-8-3-5-9(7-10)6-4-8/h3-7H,2H2,1H3;3-6H,2H2,1H3. The highest BCUT2D eigenvalue weighted by molar-refractivity contribution is 5.53. The maximum Gasteiger partial charge on any atom is 0.203 e. The summed E-state index contributed by atoms with van der Waals surface area (Å²) in [6.45, 7) is 4.22. The molecule has 0 unspecified atom stereocenters. The van der Waals surface area contributed by atoms with E-state index in [1.165, 1.54) is 17.5 Å². The summed E-state index contributed by atoms with van der Waals surface area (Å²) >= 11 is 0. The van der Waals surface area contributed by atoms with E-state index in [1.807, 2.05) is 36.4 Å². The first-order valence-corrected chi connectivity index (χ1v) is 7.85. The summed E-state index contributed by atoms with van der Waals surface area (Å²) in [4.78, 5) is 0. The topological polar surface area (TPSA) is 75.3 Å². The number of aryl methyl sites for hydroxylation is 2. The molecule has 0 aliphatic heterocycles. The molecule has 2 aromatic carbocycles. The van der Waals surface area contributed by atoms with Gasteiger partial charge < -0.3 is 0 Å². The molecule has 0 aliphatic rings. The molecule has 0 amide bonds. The Morgan fingerprint density at radius 3 is 1.75 bits per heavy atom. The van der Waals surface area contributed by atoms with Gasteiger partial charge in [-0.2, -0.15) is 5.26 Å². The summed E-state index contributed by atoms with van der Waals surface area (Å²) in [5.41, 5.74) is 4.25. The lowest BCUT2D eigenvalue weighted by Gasteiger charge is -1.98. The molecule has 0 atom stereocenters. The zero-order valence-corrected chi connectivity index (χ0v) is 13.8. The highest BCUT2D eigenvalue weighted by Crippen LogP contribution is 2.13. The second kappa shape index (κ2) is 9.11. The smallest absolute Gasteiger partial charge is 0.192 e. The molecule has 0 N–H and O–H groups in total. The van der Waals surface area contributed by atoms with Crippen LogP contribution in [0.5, 0.6) is 0 Å². The Labute approximate surface area is 142 Å². The van der Waals surface area contributed by atoms with Gasteiger partial charge in [-0.3, -0.25) is 0 Å². The van der Waals surface area contributed by atoms with Crippen LogP contribution in [0.15, 0.2) is 54.9 Å². The van der Waals surface area contributed by atoms with E-state index in [-0.39, 0.29) is 0 Å². The van der Waals surface area contributed by atoms with Crippen LogP contribution in [0.3, 0.4) is 0 Å². The third-order valence-electron chi connectivity index (χ3n) is 3.52. The van der Waals surface area contributed by atoms with Crippen LogP contribution in [0.25, 0.3) is 11.4 Å². The van der Waals surface area contributed by atoms with E-state index >= 15 is 0 Å². The van der Waals surface area contributed by atoms with Gasteiger partial charge >= 0.3 is 0 Å². The molecule has 120 valence electrons. The van der Waals surface area contributed by atoms with Crippen LogP contribution >= 0.6 is 0 Å². The highest BCUT2D eigenvalue weighted by Gasteiger charge is 2.00. The van der Waals surface area contributed by atoms with E-state index in [9.17, 15) is 0 Å². The molecule has 0 aliphatic carbocycles. The fourth-order valence-electron chi connectivity index (χ4n) is 2.02. The first-order chi connectivity index (χ1) is 11.8. The minimum Gasteiger partial charge on any atom is -0.192 e. The molecule has 0 radical (unpaired) electrons. The summed E-state index contributed by atoms with van der Waals surface area (Å²) < 4.78 is 0. The van der Waals surface area contributed by atoms with Gasteiger partial charge in [0.15, 0.2) is 6.33 Å². The Morgan fingerprint density at radius 1 is 0.792 bits per heavy atom. The number of nitriles is 1. The first kappa shape index (κ1) is 17.2. The predicted octanol–water partition coefficient (Wildman–Crippen LogP) is 3.62. The minimum absolute atomic E-state index is 0.565. The molecule has 3 rings (SSSR count). The number of nitrogens with zero attached hydrogens (tertiary/aromatic N) is 5. The second-order valence-electron chi connectivity index (χ2n) is 5.08. The van der Waals surface area contributed by atoms with Crippen LogP contribution in [-0.4, -0.2) is 20.4 Å². The number of rotatable bonds is 3. The van der Waals surface area contributed by atoms with Gasteiger partial charge in [-0.05, 0) is 36.1 Å². The van der Waals surface area contributed by atoms with Crippen molar-refractivity contribution in [3.05, 3.63) is 71.5 Å². The van der Waals surface area contributed by atoms with Crippen LogP contribution in [0.2, 0.25) is 0 Å². The zero-order valence-electron chi connectivity index (χ0n) is 13.8. The Hall–Kier alpha value is -3.13. The second-order valence-corrected chi connectivity index (χ2v) is 5.08. The van der Waals surface area contributed by atoms with Gasteiger partial charge in [-0.1, -0.05) is 50.2 Å². The molecular formula is C19H19N5. The highest BCUT2D eigenvalue weighted by atomic mass is 15.3. The summed E-state index contributed by atoms with van der Waals surface area (Å²) in [5.74, 6) is 0.565. The van der Waals surface area contributed by atoms with Gasteiger partial charge in [0.2, 0.25) is 5.82 Å². The van der Waals surface area contributed by atoms with Crippen molar-refractivity contribution in [2.75, 3.05) is 0 Å². The number of hydrogen-bond acceptors (Lipinski definition) is 5. The van der Waals surface area contributed by atoms with Crippen molar-refractivity contribution in [3.63, 3.8) is 0 Å². The van der Waals surface area contributed by atoms with Gasteiger partial charge in [0.05, 0.1) is 11.6 Å². The molecule has 0 saturated heterocycles. The molecule has 1 heterocycles. The fraction of sp³-hybridized carbons (Fsp3) is 0.211. The average Bonchev–Trinajstić information content (AvgIpc) is 2.69. The van der Waals surface area contributed by atoms with Gasteiger partial charge in [-0.15, -0.1) is 20.4 Å². The van der Waals surface area contributed by atoms with Crippen LogP contribution in [0, 0.1) is 11.3 Å². The van der Waals surface area contributed by atoms with E-state index in [1.54, 1.807) is 0 Å². The quantitative estimate of drug-likeness (QED) is 0.737. The lowest BCUT2D eigenvalue weighted by Crippen LogP contribution is -1.93. The van der Waals surface area contributed by atoms with Crippen LogP contribution in [-0.2, 0) is 12.8 Å². The Morgan fingerprint density at radius 2 is 1.29 bits per heavy atom. The van der Waals surface area contributed by atoms with Crippen molar-refractivity contribution in [2.24, 2.45) is 0 Å². The van der Waals surface area contributed by atoms with E-state index in [0.717, 1.165) is 24.0 Å². The van der Waals surface area contributed by atoms with Gasteiger partial charge in [0.1, 0.15) is 0 Å². The Kier molecular flexibility index (Phi) is 6.54. The summed E-state index contributed by atoms with van der Waals surface area (Å²) in [6, 6.07) is 17.8. The molecule has 0 bridgehead atoms. The minimum atomic E-state index is 0.565. The number of aromatic nitrogens is 4. The van der Waals surface area contributed by atoms with Crippen LogP contribution in [0.1, 0.15) is 30.5 Å². The number of hydrogen-bond donors (Lipinski definition) is 0. The van der Waals surface area contributed by atoms with Gasteiger partial charge in [0, 0.05) is 5.56 Å². The zero-order chi connectivity index (χ0) is 17.2. The lowest BCUT2D eigenvalue weighted by molar-refractivity contribution is 0.864. The Balaban J connectivity index is 0.000000185. The maximum absolute atomic E-state index is 8.45. The maximum atomic E-state index is 8.45. The molecule has 1 aromatic heterocycles. The molecule has 0 spiro atoms. The van der Waals surface area contributed by atoms with E-state index in [2.05, 4.69) is 52.4 Å². The fourth-order valence-corrected chi connectivity index (χ4v) is 2.02. The summed E-state index contributed by atoms with van der Waals surface area (Å²) in [5, 5.41) is 23.6. The molecule has 0 fully saturated rings. The molecule has 0 saturated carbocycles. The summed E-state index contributed by atoms with van der Waals surface area (Å²) in [7, 11) is 0. The van der Waals surface area contributed by atoms with Crippen molar-refractivity contribution in [3.8, 4) is 17.5 Å². The average molecular weight is 317 g/mol. The largest absolute Gasteiger partial charge is 0.203 e. The monoisotopic (exact) mass is 317 g/mol. The van der Waals surface area contributed by atoms with Crippen molar-refractivity contribution in [1.82, 2.24) is 20.4 Å². The van der Waals surface area contributed by atoms with Gasteiger partial charge in [0.25, 0.3) is 0 Å². The van der Waals surface area contributed by atoms with E-state index in [4.69, 9.17) is 5.26 Å². The van der Waals surface area contributed by atoms with E-state index < -0.39 is 0 Å². The van der Waals surface area contributed by atoms with Crippen molar-refractivity contribution in [1.29, 1.82) is 5.26 Å². The third kappa shape index (κ3) is 4.96. The Bertz CT molecular complexity index is 775. The lowest BCUT2D eigenvalue weighted by atomic mass is 10.1. The molecular weight excluding hydrogens is 298 g/mol. The SMILES string of the molecule is CCc1ccc(-c2nncnn2)cc1.CCc1ccc(C#N)cc1. The molecule has 3 aromatic rings. The van der Waals surface area contributed by atoms with Crippen molar-refractivity contribution in [2.45, 2.75) is 26.7 Å². The number of benzene rings is 2. The normalized spacial score (nSPS) is 9.54. The molecule has 24 heavy (non-hydrogen) atoms. The van der Waals surface area contributed by atoms with Crippen molar-refractivity contribution < 1.29 is 0 Å².